The van der Waals surface area contributed by atoms with E-state index in [-0.39, 0.29) is 17.0 Å². The monoisotopic (exact) mass is 379 g/mol. The van der Waals surface area contributed by atoms with Crippen molar-refractivity contribution in [2.75, 3.05) is 0 Å². The molecule has 3 N–H and O–H groups in total. The number of carbonyl (C=O) groups is 2. The number of benzene rings is 2. The predicted molar refractivity (Wildman–Crippen MR) is 102 cm³/mol. The maximum atomic E-state index is 13.5. The van der Waals surface area contributed by atoms with Crippen LogP contribution in [0.3, 0.4) is 0 Å². The number of fused-ring (bicyclic) bond motifs is 2. The summed E-state index contributed by atoms with van der Waals surface area (Å²) in [6, 6.07) is 9.54. The highest BCUT2D eigenvalue weighted by Gasteiger charge is 2.34. The Morgan fingerprint density at radius 2 is 1.33 bits per heavy atom. The number of hydrogen-bond acceptors (Lipinski definition) is 2. The Morgan fingerprint density at radius 1 is 0.778 bits per heavy atom. The van der Waals surface area contributed by atoms with E-state index in [1.807, 2.05) is 0 Å². The maximum Gasteiger partial charge on any atom is 0.259 e. The van der Waals surface area contributed by atoms with Crippen molar-refractivity contribution in [1.29, 1.82) is 0 Å². The van der Waals surface area contributed by atoms with Crippen LogP contribution in [0.15, 0.2) is 48.8 Å². The number of H-pyrrole nitrogens is 2. The predicted octanol–water partition coefficient (Wildman–Crippen LogP) is 4.01. The number of rotatable bonds is 2. The Labute approximate surface area is 156 Å². The fourth-order valence-electron chi connectivity index (χ4n) is 3.58. The van der Waals surface area contributed by atoms with Gasteiger partial charge in [0.25, 0.3) is 11.8 Å². The molecule has 0 spiro atoms. The lowest BCUT2D eigenvalue weighted by molar-refractivity contribution is -0.122. The van der Waals surface area contributed by atoms with Crippen LogP contribution in [0, 0.1) is 5.82 Å². The molecule has 2 aromatic heterocycles. The highest BCUT2D eigenvalue weighted by Crippen LogP contribution is 2.37. The maximum absolute atomic E-state index is 13.5. The van der Waals surface area contributed by atoms with Crippen molar-refractivity contribution >= 4 is 56.4 Å². The van der Waals surface area contributed by atoms with Crippen molar-refractivity contribution in [2.24, 2.45) is 0 Å². The lowest BCUT2D eigenvalue weighted by Gasteiger charge is -2.03. The molecule has 132 valence electrons. The van der Waals surface area contributed by atoms with Crippen LogP contribution in [0.25, 0.3) is 33.0 Å². The normalized spacial score (nSPS) is 14.6. The molecule has 0 unspecified atom stereocenters. The molecule has 27 heavy (non-hydrogen) atoms. The highest BCUT2D eigenvalue weighted by atomic mass is 35.5. The number of aromatic amines is 2. The molecule has 5 nitrogen and oxygen atoms in total. The smallest absolute Gasteiger partial charge is 0.259 e. The molecule has 3 heterocycles. The van der Waals surface area contributed by atoms with Gasteiger partial charge in [0.15, 0.2) is 0 Å². The molecule has 4 aromatic rings. The fraction of sp³-hybridized carbons (Fsp3) is 0. The number of hydrogen-bond donors (Lipinski definition) is 3. The third-order valence-corrected chi connectivity index (χ3v) is 4.99. The number of aromatic nitrogens is 2. The number of nitrogens with one attached hydrogen (secondary N) is 3. The van der Waals surface area contributed by atoms with Crippen LogP contribution in [0.5, 0.6) is 0 Å². The zero-order chi connectivity index (χ0) is 18.7. The first kappa shape index (κ1) is 15.8. The van der Waals surface area contributed by atoms with Crippen LogP contribution in [-0.4, -0.2) is 21.8 Å². The molecule has 2 aromatic carbocycles. The van der Waals surface area contributed by atoms with Gasteiger partial charge in [-0.1, -0.05) is 17.7 Å². The Morgan fingerprint density at radius 3 is 1.96 bits per heavy atom. The van der Waals surface area contributed by atoms with Gasteiger partial charge in [-0.3, -0.25) is 14.9 Å². The van der Waals surface area contributed by atoms with Gasteiger partial charge < -0.3 is 9.97 Å². The molecule has 0 saturated carbocycles. The van der Waals surface area contributed by atoms with Crippen LogP contribution in [0.2, 0.25) is 5.02 Å². The zero-order valence-corrected chi connectivity index (χ0v) is 14.4. The lowest BCUT2D eigenvalue weighted by atomic mass is 9.95. The van der Waals surface area contributed by atoms with Crippen LogP contribution in [-0.2, 0) is 9.59 Å². The van der Waals surface area contributed by atoms with Gasteiger partial charge in [-0.25, -0.2) is 4.39 Å². The summed E-state index contributed by atoms with van der Waals surface area (Å²) in [4.78, 5) is 31.2. The number of halogens is 2. The molecule has 1 aliphatic rings. The largest absolute Gasteiger partial charge is 0.360 e. The summed E-state index contributed by atoms with van der Waals surface area (Å²) >= 11 is 6.03. The van der Waals surface area contributed by atoms with E-state index in [1.165, 1.54) is 12.1 Å². The summed E-state index contributed by atoms with van der Waals surface area (Å²) in [6.07, 6.45) is 3.30. The van der Waals surface area contributed by atoms with Crippen molar-refractivity contribution < 1.29 is 14.0 Å². The summed E-state index contributed by atoms with van der Waals surface area (Å²) in [5.74, 6) is -1.34. The number of imide groups is 1. The van der Waals surface area contributed by atoms with E-state index in [0.29, 0.717) is 27.1 Å². The molecule has 0 fully saturated rings. The van der Waals surface area contributed by atoms with Gasteiger partial charge in [-0.2, -0.15) is 0 Å². The van der Waals surface area contributed by atoms with E-state index < -0.39 is 11.8 Å². The minimum absolute atomic E-state index is 0.258. The van der Waals surface area contributed by atoms with Crippen molar-refractivity contribution in [2.45, 2.75) is 0 Å². The Balaban J connectivity index is 1.82. The molecule has 0 bridgehead atoms. The molecule has 0 saturated heterocycles. The minimum Gasteiger partial charge on any atom is -0.360 e. The van der Waals surface area contributed by atoms with Crippen molar-refractivity contribution in [3.63, 3.8) is 0 Å². The van der Waals surface area contributed by atoms with E-state index in [9.17, 15) is 14.0 Å². The van der Waals surface area contributed by atoms with Gasteiger partial charge in [-0.15, -0.1) is 0 Å². The average Bonchev–Trinajstić information content (AvgIpc) is 3.29. The van der Waals surface area contributed by atoms with Gasteiger partial charge in [0.2, 0.25) is 0 Å². The van der Waals surface area contributed by atoms with E-state index in [4.69, 9.17) is 11.6 Å². The van der Waals surface area contributed by atoms with Gasteiger partial charge in [0, 0.05) is 50.3 Å². The van der Waals surface area contributed by atoms with Gasteiger partial charge in [0.1, 0.15) is 5.82 Å². The van der Waals surface area contributed by atoms with Crippen LogP contribution >= 0.6 is 11.6 Å². The second-order valence-corrected chi connectivity index (χ2v) is 6.75. The SMILES string of the molecule is O=C1NC(=O)C(c2c[nH]c3cc(Cl)ccc23)=C1c1c[nH]c2cc(F)ccc12. The topological polar surface area (TPSA) is 77.8 Å². The van der Waals surface area contributed by atoms with Gasteiger partial charge in [0.05, 0.1) is 11.1 Å². The van der Waals surface area contributed by atoms with Crippen molar-refractivity contribution in [1.82, 2.24) is 15.3 Å². The molecule has 2 amide bonds. The molecular weight excluding hydrogens is 369 g/mol. The van der Waals surface area contributed by atoms with Gasteiger partial charge >= 0.3 is 0 Å². The third kappa shape index (κ3) is 2.30. The minimum atomic E-state index is -0.483. The van der Waals surface area contributed by atoms with E-state index in [1.54, 1.807) is 36.7 Å². The lowest BCUT2D eigenvalue weighted by Crippen LogP contribution is -2.22. The van der Waals surface area contributed by atoms with E-state index in [0.717, 1.165) is 10.9 Å². The zero-order valence-electron chi connectivity index (χ0n) is 13.7. The second-order valence-electron chi connectivity index (χ2n) is 6.32. The molecule has 1 aliphatic heterocycles. The van der Waals surface area contributed by atoms with Crippen LogP contribution in [0.1, 0.15) is 11.1 Å². The molecule has 7 heteroatoms. The Kier molecular flexibility index (Phi) is 3.26. The molecule has 0 radical (unpaired) electrons. The first-order valence-corrected chi connectivity index (χ1v) is 8.54. The second kappa shape index (κ2) is 5.56. The number of carbonyl (C=O) groups excluding carboxylic acids is 2. The summed E-state index contributed by atoms with van der Waals surface area (Å²) in [7, 11) is 0. The van der Waals surface area contributed by atoms with Gasteiger partial charge in [-0.05, 0) is 30.3 Å². The Hall–Kier alpha value is -3.38. The van der Waals surface area contributed by atoms with Crippen molar-refractivity contribution in [3.8, 4) is 0 Å². The third-order valence-electron chi connectivity index (χ3n) is 4.76. The fourth-order valence-corrected chi connectivity index (χ4v) is 3.75. The standard InChI is InChI=1S/C20H11ClFN3O2/c21-9-1-3-11-13(7-23-15(11)5-9)17-18(20(27)25-19(17)26)14-8-24-16-6-10(22)2-4-12(14)16/h1-8,23-24H,(H,25,26,27). The highest BCUT2D eigenvalue weighted by molar-refractivity contribution is 6.50. The summed E-state index contributed by atoms with van der Waals surface area (Å²) in [5.41, 5.74) is 3.00. The Bertz CT molecular complexity index is 1220. The summed E-state index contributed by atoms with van der Waals surface area (Å²) in [6.45, 7) is 0. The molecule has 0 atom stereocenters. The summed E-state index contributed by atoms with van der Waals surface area (Å²) < 4.78 is 13.5. The molecule has 5 rings (SSSR count). The van der Waals surface area contributed by atoms with Crippen LogP contribution in [0.4, 0.5) is 4.39 Å². The first-order valence-electron chi connectivity index (χ1n) is 8.17. The van der Waals surface area contributed by atoms with E-state index >= 15 is 0 Å². The number of amides is 2. The molecular formula is C20H11ClFN3O2. The summed E-state index contributed by atoms with van der Waals surface area (Å²) in [5, 5.41) is 4.38. The average molecular weight is 380 g/mol. The first-order chi connectivity index (χ1) is 13.0. The van der Waals surface area contributed by atoms with Crippen LogP contribution < -0.4 is 5.32 Å². The van der Waals surface area contributed by atoms with E-state index in [2.05, 4.69) is 15.3 Å². The quantitative estimate of drug-likeness (QED) is 0.460. The van der Waals surface area contributed by atoms with Crippen molar-refractivity contribution in [3.05, 3.63) is 70.8 Å². The molecule has 0 aliphatic carbocycles.